The van der Waals surface area contributed by atoms with Crippen LogP contribution in [0, 0.1) is 0 Å². The Bertz CT molecular complexity index is 1320. The number of anilines is 2. The molecule has 0 atom stereocenters. The van der Waals surface area contributed by atoms with Crippen LogP contribution in [0.25, 0.3) is 11.2 Å². The van der Waals surface area contributed by atoms with Gasteiger partial charge in [0.2, 0.25) is 5.95 Å². The predicted octanol–water partition coefficient (Wildman–Crippen LogP) is 5.65. The number of carbonyl (C=O) groups excluding carboxylic acids is 1. The molecule has 1 amide bonds. The SMILES string of the molecule is N[C@H]1CC[C@H](Nc2nc(NC3CCN(C(=O)c4ccc(Cl)cc4Cl)CC3)c3ncn(C4CCCC4)c3n2)CC1. The van der Waals surface area contributed by atoms with Gasteiger partial charge in [-0.3, -0.25) is 4.79 Å². The van der Waals surface area contributed by atoms with Gasteiger partial charge in [-0.1, -0.05) is 36.0 Å². The molecule has 2 aliphatic carbocycles. The third kappa shape index (κ3) is 5.81. The molecule has 4 N–H and O–H groups in total. The minimum absolute atomic E-state index is 0.0615. The van der Waals surface area contributed by atoms with Gasteiger partial charge in [0, 0.05) is 42.3 Å². The number of nitrogens with zero attached hydrogens (tertiary/aromatic N) is 5. The first-order valence-electron chi connectivity index (χ1n) is 14.2. The Morgan fingerprint density at radius 1 is 0.923 bits per heavy atom. The van der Waals surface area contributed by atoms with Crippen molar-refractivity contribution in [3.63, 3.8) is 0 Å². The molecule has 0 unspecified atom stereocenters. The third-order valence-electron chi connectivity index (χ3n) is 8.53. The lowest BCUT2D eigenvalue weighted by Crippen LogP contribution is -2.42. The van der Waals surface area contributed by atoms with Crippen LogP contribution in [-0.2, 0) is 0 Å². The molecule has 0 spiro atoms. The van der Waals surface area contributed by atoms with E-state index in [2.05, 4.69) is 15.2 Å². The summed E-state index contributed by atoms with van der Waals surface area (Å²) in [5, 5.41) is 8.16. The van der Waals surface area contributed by atoms with Gasteiger partial charge in [-0.15, -0.1) is 0 Å². The number of rotatable bonds is 6. The van der Waals surface area contributed by atoms with Crippen molar-refractivity contribution >= 4 is 52.0 Å². The topological polar surface area (TPSA) is 114 Å². The van der Waals surface area contributed by atoms with Crippen LogP contribution in [0.3, 0.4) is 0 Å². The van der Waals surface area contributed by atoms with Gasteiger partial charge < -0.3 is 25.8 Å². The number of hydrogen-bond acceptors (Lipinski definition) is 7. The number of piperidine rings is 1. The van der Waals surface area contributed by atoms with Crippen molar-refractivity contribution in [3.8, 4) is 0 Å². The van der Waals surface area contributed by atoms with Gasteiger partial charge in [-0.25, -0.2) is 4.98 Å². The number of benzene rings is 1. The summed E-state index contributed by atoms with van der Waals surface area (Å²) in [6, 6.07) is 6.24. The molecule has 2 aromatic heterocycles. The smallest absolute Gasteiger partial charge is 0.255 e. The number of nitrogens with two attached hydrogens (primary N) is 1. The van der Waals surface area contributed by atoms with E-state index in [-0.39, 0.29) is 11.9 Å². The van der Waals surface area contributed by atoms with Gasteiger partial charge in [0.15, 0.2) is 17.0 Å². The van der Waals surface area contributed by atoms with Crippen LogP contribution in [0.1, 0.15) is 80.6 Å². The highest BCUT2D eigenvalue weighted by atomic mass is 35.5. The molecule has 0 radical (unpaired) electrons. The standard InChI is InChI=1S/C28H36Cl2N8O/c29-17-5-10-22(23(30)15-17)27(39)37-13-11-20(12-14-37)33-25-24-26(38(16-32-24)21-3-1-2-4-21)36-28(35-25)34-19-8-6-18(31)7-9-19/h5,10,15-16,18-21H,1-4,6-9,11-14,31H2,(H2,33,34,35,36)/t18-,19-. The molecule has 6 rings (SSSR count). The molecule has 2 saturated carbocycles. The van der Waals surface area contributed by atoms with Crippen LogP contribution >= 0.6 is 23.2 Å². The molecule has 208 valence electrons. The van der Waals surface area contributed by atoms with Crippen LogP contribution in [0.2, 0.25) is 10.0 Å². The second kappa shape index (κ2) is 11.5. The highest BCUT2D eigenvalue weighted by molar-refractivity contribution is 6.36. The number of fused-ring (bicyclic) bond motifs is 1. The molecule has 1 saturated heterocycles. The van der Waals surface area contributed by atoms with Crippen molar-refractivity contribution in [3.05, 3.63) is 40.1 Å². The molecule has 11 heteroatoms. The molecular formula is C28H36Cl2N8O. The summed E-state index contributed by atoms with van der Waals surface area (Å²) in [5.41, 5.74) is 8.31. The summed E-state index contributed by atoms with van der Waals surface area (Å²) in [7, 11) is 0. The molecule has 3 aliphatic rings. The maximum atomic E-state index is 13.1. The zero-order valence-corrected chi connectivity index (χ0v) is 23.6. The van der Waals surface area contributed by atoms with Crippen molar-refractivity contribution in [2.45, 2.75) is 88.4 Å². The van der Waals surface area contributed by atoms with Crippen LogP contribution in [0.15, 0.2) is 24.5 Å². The summed E-state index contributed by atoms with van der Waals surface area (Å²) in [4.78, 5) is 29.6. The maximum absolute atomic E-state index is 13.1. The number of halogens is 2. The fraction of sp³-hybridized carbons (Fsp3) is 0.571. The van der Waals surface area contributed by atoms with E-state index in [9.17, 15) is 4.79 Å². The second-order valence-electron chi connectivity index (χ2n) is 11.2. The zero-order chi connectivity index (χ0) is 26.9. The van der Waals surface area contributed by atoms with E-state index in [1.807, 2.05) is 11.2 Å². The summed E-state index contributed by atoms with van der Waals surface area (Å²) in [6.07, 6.45) is 12.4. The van der Waals surface area contributed by atoms with Gasteiger partial charge in [-0.05, 0) is 69.6 Å². The van der Waals surface area contributed by atoms with Crippen molar-refractivity contribution in [2.75, 3.05) is 23.7 Å². The monoisotopic (exact) mass is 570 g/mol. The molecule has 3 aromatic rings. The molecule has 39 heavy (non-hydrogen) atoms. The molecule has 1 aliphatic heterocycles. The Morgan fingerprint density at radius 3 is 2.36 bits per heavy atom. The van der Waals surface area contributed by atoms with E-state index in [1.165, 1.54) is 12.8 Å². The molecule has 3 fully saturated rings. The van der Waals surface area contributed by atoms with E-state index in [4.69, 9.17) is 43.9 Å². The Balaban J connectivity index is 1.19. The Kier molecular flexibility index (Phi) is 7.82. The number of likely N-dealkylation sites (tertiary alicyclic amines) is 1. The minimum atomic E-state index is -0.0615. The van der Waals surface area contributed by atoms with Crippen molar-refractivity contribution in [1.82, 2.24) is 24.4 Å². The third-order valence-corrected chi connectivity index (χ3v) is 9.08. The van der Waals surface area contributed by atoms with Gasteiger partial charge in [0.05, 0.1) is 16.9 Å². The molecule has 1 aromatic carbocycles. The summed E-state index contributed by atoms with van der Waals surface area (Å²) >= 11 is 12.3. The van der Waals surface area contributed by atoms with Crippen LogP contribution in [-0.4, -0.2) is 61.5 Å². The average molecular weight is 572 g/mol. The summed E-state index contributed by atoms with van der Waals surface area (Å²) < 4.78 is 2.24. The van der Waals surface area contributed by atoms with Crippen molar-refractivity contribution in [2.24, 2.45) is 5.73 Å². The zero-order valence-electron chi connectivity index (χ0n) is 22.1. The maximum Gasteiger partial charge on any atom is 0.255 e. The van der Waals surface area contributed by atoms with E-state index in [0.29, 0.717) is 52.8 Å². The van der Waals surface area contributed by atoms with Crippen molar-refractivity contribution in [1.29, 1.82) is 0 Å². The Labute approximate surface area is 238 Å². The fourth-order valence-electron chi connectivity index (χ4n) is 6.23. The summed E-state index contributed by atoms with van der Waals surface area (Å²) in [6.45, 7) is 1.27. The van der Waals surface area contributed by atoms with E-state index >= 15 is 0 Å². The molecule has 0 bridgehead atoms. The quantitative estimate of drug-likeness (QED) is 0.351. The van der Waals surface area contributed by atoms with Gasteiger partial charge >= 0.3 is 0 Å². The van der Waals surface area contributed by atoms with Gasteiger partial charge in [0.25, 0.3) is 5.91 Å². The Morgan fingerprint density at radius 2 is 1.64 bits per heavy atom. The lowest BCUT2D eigenvalue weighted by Gasteiger charge is -2.33. The number of imidazole rings is 1. The number of carbonyl (C=O) groups is 1. The minimum Gasteiger partial charge on any atom is -0.365 e. The number of amides is 1. The first-order valence-corrected chi connectivity index (χ1v) is 15.0. The Hall–Kier alpha value is -2.62. The van der Waals surface area contributed by atoms with Crippen LogP contribution in [0.5, 0.6) is 0 Å². The first kappa shape index (κ1) is 26.6. The lowest BCUT2D eigenvalue weighted by atomic mass is 9.92. The number of nitrogens with one attached hydrogen (secondary N) is 2. The van der Waals surface area contributed by atoms with E-state index < -0.39 is 0 Å². The summed E-state index contributed by atoms with van der Waals surface area (Å²) in [5.74, 6) is 1.35. The highest BCUT2D eigenvalue weighted by Crippen LogP contribution is 2.34. The highest BCUT2D eigenvalue weighted by Gasteiger charge is 2.28. The second-order valence-corrected chi connectivity index (χ2v) is 12.1. The number of aromatic nitrogens is 4. The predicted molar refractivity (Wildman–Crippen MR) is 156 cm³/mol. The largest absolute Gasteiger partial charge is 0.365 e. The van der Waals surface area contributed by atoms with Crippen molar-refractivity contribution < 1.29 is 4.79 Å². The van der Waals surface area contributed by atoms with Gasteiger partial charge in [-0.2, -0.15) is 9.97 Å². The molecule has 3 heterocycles. The normalized spacial score (nSPS) is 22.9. The molecular weight excluding hydrogens is 535 g/mol. The van der Waals surface area contributed by atoms with Gasteiger partial charge in [0.1, 0.15) is 0 Å². The lowest BCUT2D eigenvalue weighted by molar-refractivity contribution is 0.0718. The average Bonchev–Trinajstić information content (AvgIpc) is 3.60. The van der Waals surface area contributed by atoms with Crippen LogP contribution in [0.4, 0.5) is 11.8 Å². The molecule has 9 nitrogen and oxygen atoms in total. The van der Waals surface area contributed by atoms with Crippen LogP contribution < -0.4 is 16.4 Å². The fourth-order valence-corrected chi connectivity index (χ4v) is 6.72. The van der Waals surface area contributed by atoms with E-state index in [0.717, 1.165) is 68.3 Å². The van der Waals surface area contributed by atoms with E-state index in [1.54, 1.807) is 18.2 Å². The number of hydrogen-bond donors (Lipinski definition) is 3. The first-order chi connectivity index (χ1) is 18.9.